The lowest BCUT2D eigenvalue weighted by molar-refractivity contribution is 0.183. The SMILES string of the molecule is Cl.N[C@@H]1CSC[C@@H]1O. The van der Waals surface area contributed by atoms with Gasteiger partial charge in [-0.05, 0) is 0 Å². The molecule has 8 heavy (non-hydrogen) atoms. The molecule has 1 aliphatic heterocycles. The van der Waals surface area contributed by atoms with E-state index in [1.165, 1.54) is 0 Å². The molecule has 0 unspecified atom stereocenters. The quantitative estimate of drug-likeness (QED) is 0.511. The first-order valence-corrected chi connectivity index (χ1v) is 3.47. The van der Waals surface area contributed by atoms with Crippen LogP contribution in [-0.2, 0) is 0 Å². The van der Waals surface area contributed by atoms with Crippen LogP contribution in [0.2, 0.25) is 0 Å². The van der Waals surface area contributed by atoms with E-state index in [0.717, 1.165) is 11.5 Å². The first kappa shape index (κ1) is 8.56. The molecule has 50 valence electrons. The Labute approximate surface area is 59.2 Å². The molecule has 0 spiro atoms. The Morgan fingerprint density at radius 3 is 2.25 bits per heavy atom. The molecule has 4 heteroatoms. The molecule has 1 heterocycles. The number of rotatable bonds is 0. The number of aliphatic hydroxyl groups excluding tert-OH is 1. The molecule has 0 saturated carbocycles. The molecule has 0 aromatic rings. The van der Waals surface area contributed by atoms with Gasteiger partial charge in [-0.3, -0.25) is 0 Å². The van der Waals surface area contributed by atoms with Crippen LogP contribution in [0.4, 0.5) is 0 Å². The zero-order valence-electron chi connectivity index (χ0n) is 4.41. The summed E-state index contributed by atoms with van der Waals surface area (Å²) < 4.78 is 0. The van der Waals surface area contributed by atoms with Gasteiger partial charge in [-0.15, -0.1) is 12.4 Å². The van der Waals surface area contributed by atoms with E-state index in [0.29, 0.717) is 0 Å². The maximum atomic E-state index is 8.85. The lowest BCUT2D eigenvalue weighted by Gasteiger charge is -2.03. The third-order valence-electron chi connectivity index (χ3n) is 1.09. The van der Waals surface area contributed by atoms with Crippen molar-refractivity contribution in [3.63, 3.8) is 0 Å². The Bertz CT molecular complexity index is 65.1. The highest BCUT2D eigenvalue weighted by molar-refractivity contribution is 7.99. The highest BCUT2D eigenvalue weighted by Crippen LogP contribution is 2.15. The van der Waals surface area contributed by atoms with Crippen LogP contribution < -0.4 is 5.73 Å². The Balaban J connectivity index is 0.000000490. The van der Waals surface area contributed by atoms with Gasteiger partial charge in [-0.1, -0.05) is 0 Å². The fraction of sp³-hybridized carbons (Fsp3) is 1.00. The van der Waals surface area contributed by atoms with Crippen LogP contribution in [0.25, 0.3) is 0 Å². The summed E-state index contributed by atoms with van der Waals surface area (Å²) in [6.07, 6.45) is -0.245. The van der Waals surface area contributed by atoms with Crippen molar-refractivity contribution in [3.05, 3.63) is 0 Å². The molecule has 1 rings (SSSR count). The van der Waals surface area contributed by atoms with E-state index in [9.17, 15) is 0 Å². The first-order valence-electron chi connectivity index (χ1n) is 2.32. The van der Waals surface area contributed by atoms with E-state index >= 15 is 0 Å². The van der Waals surface area contributed by atoms with Gasteiger partial charge in [-0.25, -0.2) is 0 Å². The molecule has 1 fully saturated rings. The van der Waals surface area contributed by atoms with Crippen LogP contribution in [-0.4, -0.2) is 28.8 Å². The van der Waals surface area contributed by atoms with Crippen molar-refractivity contribution in [1.82, 2.24) is 0 Å². The van der Waals surface area contributed by atoms with Gasteiger partial charge in [0.1, 0.15) is 0 Å². The molecule has 0 radical (unpaired) electrons. The van der Waals surface area contributed by atoms with Crippen LogP contribution in [0.5, 0.6) is 0 Å². The maximum absolute atomic E-state index is 8.85. The Kier molecular flexibility index (Phi) is 3.81. The molecular formula is C4H10ClNOS. The number of nitrogens with two attached hydrogens (primary N) is 1. The molecule has 3 N–H and O–H groups in total. The summed E-state index contributed by atoms with van der Waals surface area (Å²) in [5.74, 6) is 1.74. The van der Waals surface area contributed by atoms with Crippen LogP contribution >= 0.6 is 24.2 Å². The number of hydrogen-bond donors (Lipinski definition) is 2. The van der Waals surface area contributed by atoms with Crippen LogP contribution in [0.1, 0.15) is 0 Å². The Morgan fingerprint density at radius 1 is 1.50 bits per heavy atom. The molecule has 1 saturated heterocycles. The topological polar surface area (TPSA) is 46.2 Å². The monoisotopic (exact) mass is 155 g/mol. The zero-order chi connectivity index (χ0) is 5.28. The molecule has 0 amide bonds. The zero-order valence-corrected chi connectivity index (χ0v) is 6.04. The number of hydrogen-bond acceptors (Lipinski definition) is 3. The van der Waals surface area contributed by atoms with Gasteiger partial charge in [0.2, 0.25) is 0 Å². The van der Waals surface area contributed by atoms with Crippen molar-refractivity contribution >= 4 is 24.2 Å². The van der Waals surface area contributed by atoms with Crippen molar-refractivity contribution in [3.8, 4) is 0 Å². The number of halogens is 1. The standard InChI is InChI=1S/C4H9NOS.ClH/c5-3-1-7-2-4(3)6;/h3-4,6H,1-2,5H2;1H/t3-,4+;/m1./s1. The summed E-state index contributed by atoms with van der Waals surface area (Å²) in [6.45, 7) is 0. The van der Waals surface area contributed by atoms with Crippen molar-refractivity contribution in [1.29, 1.82) is 0 Å². The van der Waals surface area contributed by atoms with Crippen molar-refractivity contribution in [2.24, 2.45) is 5.73 Å². The largest absolute Gasteiger partial charge is 0.391 e. The summed E-state index contributed by atoms with van der Waals surface area (Å²) >= 11 is 1.72. The molecule has 2 atom stereocenters. The van der Waals surface area contributed by atoms with E-state index in [-0.39, 0.29) is 24.6 Å². The summed E-state index contributed by atoms with van der Waals surface area (Å²) in [5.41, 5.74) is 5.41. The van der Waals surface area contributed by atoms with E-state index < -0.39 is 0 Å². The van der Waals surface area contributed by atoms with Crippen molar-refractivity contribution < 1.29 is 5.11 Å². The van der Waals surface area contributed by atoms with Gasteiger partial charge < -0.3 is 10.8 Å². The first-order chi connectivity index (χ1) is 3.30. The van der Waals surface area contributed by atoms with Gasteiger partial charge >= 0.3 is 0 Å². The van der Waals surface area contributed by atoms with Crippen LogP contribution in [0.15, 0.2) is 0 Å². The molecule has 0 aromatic carbocycles. The fourth-order valence-electron chi connectivity index (χ4n) is 0.560. The van der Waals surface area contributed by atoms with E-state index in [2.05, 4.69) is 0 Å². The average molecular weight is 156 g/mol. The lowest BCUT2D eigenvalue weighted by atomic mass is 10.2. The fourth-order valence-corrected chi connectivity index (χ4v) is 1.68. The maximum Gasteiger partial charge on any atom is 0.0789 e. The highest BCUT2D eigenvalue weighted by Gasteiger charge is 2.20. The third-order valence-corrected chi connectivity index (χ3v) is 2.29. The minimum atomic E-state index is -0.245. The van der Waals surface area contributed by atoms with Gasteiger partial charge in [0.25, 0.3) is 0 Å². The molecule has 2 nitrogen and oxygen atoms in total. The third kappa shape index (κ3) is 1.82. The lowest BCUT2D eigenvalue weighted by Crippen LogP contribution is -2.32. The summed E-state index contributed by atoms with van der Waals surface area (Å²) in [5, 5.41) is 8.85. The normalized spacial score (nSPS) is 36.8. The van der Waals surface area contributed by atoms with E-state index in [1.54, 1.807) is 11.8 Å². The predicted molar refractivity (Wildman–Crippen MR) is 38.6 cm³/mol. The minimum Gasteiger partial charge on any atom is -0.391 e. The highest BCUT2D eigenvalue weighted by atomic mass is 35.5. The summed E-state index contributed by atoms with van der Waals surface area (Å²) in [7, 11) is 0. The van der Waals surface area contributed by atoms with Gasteiger partial charge in [0.15, 0.2) is 0 Å². The summed E-state index contributed by atoms with van der Waals surface area (Å²) in [6, 6.07) is 0.0324. The van der Waals surface area contributed by atoms with E-state index in [4.69, 9.17) is 10.8 Å². The van der Waals surface area contributed by atoms with Crippen molar-refractivity contribution in [2.45, 2.75) is 12.1 Å². The molecule has 0 aliphatic carbocycles. The Morgan fingerprint density at radius 2 is 2.12 bits per heavy atom. The second-order valence-corrected chi connectivity index (χ2v) is 2.84. The minimum absolute atomic E-state index is 0. The van der Waals surface area contributed by atoms with E-state index in [1.807, 2.05) is 0 Å². The van der Waals surface area contributed by atoms with Gasteiger partial charge in [-0.2, -0.15) is 11.8 Å². The second-order valence-electron chi connectivity index (χ2n) is 1.77. The molecule has 0 aromatic heterocycles. The average Bonchev–Trinajstić information content (AvgIpc) is 1.91. The number of aliphatic hydroxyl groups is 1. The summed E-state index contributed by atoms with van der Waals surface area (Å²) in [4.78, 5) is 0. The van der Waals surface area contributed by atoms with Gasteiger partial charge in [0.05, 0.1) is 6.10 Å². The number of thioether (sulfide) groups is 1. The van der Waals surface area contributed by atoms with Crippen LogP contribution in [0.3, 0.4) is 0 Å². The van der Waals surface area contributed by atoms with Gasteiger partial charge in [0, 0.05) is 17.5 Å². The Hall–Kier alpha value is 0.560. The predicted octanol–water partition coefficient (Wildman–Crippen LogP) is -0.157. The molecular weight excluding hydrogens is 146 g/mol. The molecule has 0 bridgehead atoms. The van der Waals surface area contributed by atoms with Crippen LogP contribution in [0, 0.1) is 0 Å². The second kappa shape index (κ2) is 3.56. The van der Waals surface area contributed by atoms with Crippen molar-refractivity contribution in [2.75, 3.05) is 11.5 Å². The smallest absolute Gasteiger partial charge is 0.0789 e. The molecule has 1 aliphatic rings.